The molecular weight excluding hydrogens is 264 g/mol. The molecule has 2 rings (SSSR count). The second-order valence-corrected chi connectivity index (χ2v) is 6.19. The first-order valence-electron chi connectivity index (χ1n) is 8.23. The van der Waals surface area contributed by atoms with Crippen LogP contribution in [0.2, 0.25) is 0 Å². The van der Waals surface area contributed by atoms with Crippen LogP contribution in [0.15, 0.2) is 10.5 Å². The molecule has 0 saturated carbocycles. The predicted octanol–water partition coefficient (Wildman–Crippen LogP) is 2.95. The van der Waals surface area contributed by atoms with Gasteiger partial charge in [0, 0.05) is 13.7 Å². The van der Waals surface area contributed by atoms with E-state index in [1.807, 2.05) is 0 Å². The zero-order chi connectivity index (χ0) is 15.1. The Morgan fingerprint density at radius 2 is 2.33 bits per heavy atom. The van der Waals surface area contributed by atoms with Gasteiger partial charge in [-0.2, -0.15) is 0 Å². The van der Waals surface area contributed by atoms with Crippen molar-refractivity contribution in [1.29, 1.82) is 0 Å². The number of hydrogen-bond donors (Lipinski definition) is 1. The van der Waals surface area contributed by atoms with Crippen LogP contribution in [0.4, 0.5) is 0 Å². The van der Waals surface area contributed by atoms with Crippen LogP contribution >= 0.6 is 0 Å². The van der Waals surface area contributed by atoms with E-state index in [4.69, 9.17) is 9.15 Å². The van der Waals surface area contributed by atoms with Crippen LogP contribution in [0, 0.1) is 12.8 Å². The first kappa shape index (κ1) is 16.5. The maximum atomic E-state index is 6.02. The summed E-state index contributed by atoms with van der Waals surface area (Å²) in [5, 5.41) is 3.41. The highest BCUT2D eigenvalue weighted by atomic mass is 16.5. The van der Waals surface area contributed by atoms with Crippen LogP contribution in [-0.2, 0) is 17.8 Å². The van der Waals surface area contributed by atoms with Crippen molar-refractivity contribution in [2.75, 3.05) is 33.4 Å². The fourth-order valence-electron chi connectivity index (χ4n) is 3.11. The summed E-state index contributed by atoms with van der Waals surface area (Å²) in [4.78, 5) is 2.49. The second kappa shape index (κ2) is 8.57. The fourth-order valence-corrected chi connectivity index (χ4v) is 3.11. The Morgan fingerprint density at radius 3 is 3.10 bits per heavy atom. The molecule has 1 aliphatic heterocycles. The molecule has 0 amide bonds. The van der Waals surface area contributed by atoms with Gasteiger partial charge in [-0.15, -0.1) is 0 Å². The van der Waals surface area contributed by atoms with Gasteiger partial charge < -0.3 is 14.5 Å². The quantitative estimate of drug-likeness (QED) is 0.748. The highest BCUT2D eigenvalue weighted by Crippen LogP contribution is 2.21. The molecule has 2 heterocycles. The van der Waals surface area contributed by atoms with E-state index in [2.05, 4.69) is 30.1 Å². The summed E-state index contributed by atoms with van der Waals surface area (Å²) in [5.74, 6) is 2.85. The number of hydrogen-bond acceptors (Lipinski definition) is 4. The van der Waals surface area contributed by atoms with Gasteiger partial charge in [-0.05, 0) is 56.8 Å². The van der Waals surface area contributed by atoms with Gasteiger partial charge in [-0.1, -0.05) is 6.92 Å². The molecule has 1 aromatic heterocycles. The Balaban J connectivity index is 1.86. The molecule has 1 fully saturated rings. The van der Waals surface area contributed by atoms with E-state index >= 15 is 0 Å². The van der Waals surface area contributed by atoms with Crippen molar-refractivity contribution in [2.45, 2.75) is 46.2 Å². The average Bonchev–Trinajstić information content (AvgIpc) is 2.80. The number of furan rings is 1. The van der Waals surface area contributed by atoms with E-state index in [0.717, 1.165) is 50.7 Å². The summed E-state index contributed by atoms with van der Waals surface area (Å²) in [5.41, 5.74) is 1.26. The van der Waals surface area contributed by atoms with Crippen molar-refractivity contribution in [1.82, 2.24) is 10.2 Å². The van der Waals surface area contributed by atoms with Gasteiger partial charge in [-0.25, -0.2) is 0 Å². The van der Waals surface area contributed by atoms with E-state index in [1.54, 1.807) is 7.11 Å². The molecular formula is C17H30N2O2. The van der Waals surface area contributed by atoms with Gasteiger partial charge in [0.2, 0.25) is 0 Å². The third-order valence-electron chi connectivity index (χ3n) is 4.17. The maximum Gasteiger partial charge on any atom is 0.120 e. The SMILES string of the molecule is CCCNCc1oc(CN2CCCC(COC)C2)cc1C. The second-order valence-electron chi connectivity index (χ2n) is 6.19. The summed E-state index contributed by atoms with van der Waals surface area (Å²) >= 11 is 0. The predicted molar refractivity (Wildman–Crippen MR) is 85.3 cm³/mol. The minimum atomic E-state index is 0.672. The van der Waals surface area contributed by atoms with Crippen molar-refractivity contribution in [3.05, 3.63) is 23.2 Å². The number of aryl methyl sites for hydroxylation is 1. The maximum absolute atomic E-state index is 6.02. The van der Waals surface area contributed by atoms with E-state index in [9.17, 15) is 0 Å². The van der Waals surface area contributed by atoms with Gasteiger partial charge in [0.05, 0.1) is 19.7 Å². The van der Waals surface area contributed by atoms with Crippen LogP contribution in [0.5, 0.6) is 0 Å². The lowest BCUT2D eigenvalue weighted by Gasteiger charge is -2.31. The van der Waals surface area contributed by atoms with E-state index < -0.39 is 0 Å². The number of nitrogens with zero attached hydrogens (tertiary/aromatic N) is 1. The molecule has 4 nitrogen and oxygen atoms in total. The Bertz CT molecular complexity index is 415. The van der Waals surface area contributed by atoms with Crippen molar-refractivity contribution in [2.24, 2.45) is 5.92 Å². The molecule has 0 radical (unpaired) electrons. The van der Waals surface area contributed by atoms with Crippen molar-refractivity contribution in [3.8, 4) is 0 Å². The molecule has 0 aromatic carbocycles. The van der Waals surface area contributed by atoms with Crippen LogP contribution in [0.1, 0.15) is 43.3 Å². The molecule has 1 saturated heterocycles. The van der Waals surface area contributed by atoms with E-state index in [-0.39, 0.29) is 0 Å². The number of ether oxygens (including phenoxy) is 1. The number of rotatable bonds is 8. The zero-order valence-corrected chi connectivity index (χ0v) is 13.8. The molecule has 1 atom stereocenters. The molecule has 1 unspecified atom stereocenters. The number of piperidine rings is 1. The number of methoxy groups -OCH3 is 1. The van der Waals surface area contributed by atoms with Crippen LogP contribution in [-0.4, -0.2) is 38.3 Å². The summed E-state index contributed by atoms with van der Waals surface area (Å²) in [6.07, 6.45) is 3.70. The topological polar surface area (TPSA) is 37.6 Å². The van der Waals surface area contributed by atoms with Crippen molar-refractivity contribution >= 4 is 0 Å². The summed E-state index contributed by atoms with van der Waals surface area (Å²) in [6, 6.07) is 2.20. The van der Waals surface area contributed by atoms with Crippen LogP contribution in [0.3, 0.4) is 0 Å². The molecule has 21 heavy (non-hydrogen) atoms. The minimum absolute atomic E-state index is 0.672. The Morgan fingerprint density at radius 1 is 1.48 bits per heavy atom. The third-order valence-corrected chi connectivity index (χ3v) is 4.17. The highest BCUT2D eigenvalue weighted by Gasteiger charge is 2.21. The minimum Gasteiger partial charge on any atom is -0.463 e. The summed E-state index contributed by atoms with van der Waals surface area (Å²) in [6.45, 7) is 10.3. The van der Waals surface area contributed by atoms with Crippen molar-refractivity contribution < 1.29 is 9.15 Å². The van der Waals surface area contributed by atoms with Gasteiger partial charge in [0.15, 0.2) is 0 Å². The zero-order valence-electron chi connectivity index (χ0n) is 13.8. The Kier molecular flexibility index (Phi) is 6.74. The third kappa shape index (κ3) is 5.13. The van der Waals surface area contributed by atoms with Gasteiger partial charge >= 0.3 is 0 Å². The molecule has 4 heteroatoms. The Hall–Kier alpha value is -0.840. The largest absolute Gasteiger partial charge is 0.463 e. The smallest absolute Gasteiger partial charge is 0.120 e. The van der Waals surface area contributed by atoms with Crippen LogP contribution < -0.4 is 5.32 Å². The monoisotopic (exact) mass is 294 g/mol. The fraction of sp³-hybridized carbons (Fsp3) is 0.765. The van der Waals surface area contributed by atoms with Gasteiger partial charge in [0.1, 0.15) is 11.5 Å². The molecule has 0 spiro atoms. The first-order valence-corrected chi connectivity index (χ1v) is 8.23. The van der Waals surface area contributed by atoms with Gasteiger partial charge in [-0.3, -0.25) is 4.90 Å². The standard InChI is InChI=1S/C17H30N2O2/c1-4-7-18-10-17-14(2)9-16(21-17)12-19-8-5-6-15(11-19)13-20-3/h9,15,18H,4-8,10-13H2,1-3H3. The lowest BCUT2D eigenvalue weighted by molar-refractivity contribution is 0.0838. The summed E-state index contributed by atoms with van der Waals surface area (Å²) < 4.78 is 11.3. The normalized spacial score (nSPS) is 20.0. The average molecular weight is 294 g/mol. The molecule has 1 aliphatic rings. The highest BCUT2D eigenvalue weighted by molar-refractivity contribution is 5.20. The lowest BCUT2D eigenvalue weighted by atomic mass is 9.99. The molecule has 0 aliphatic carbocycles. The number of nitrogens with one attached hydrogen (secondary N) is 1. The van der Waals surface area contributed by atoms with Crippen LogP contribution in [0.25, 0.3) is 0 Å². The van der Waals surface area contributed by atoms with E-state index in [1.165, 1.54) is 24.9 Å². The van der Waals surface area contributed by atoms with Crippen molar-refractivity contribution in [3.63, 3.8) is 0 Å². The summed E-state index contributed by atoms with van der Waals surface area (Å²) in [7, 11) is 1.80. The molecule has 1 N–H and O–H groups in total. The molecule has 0 bridgehead atoms. The lowest BCUT2D eigenvalue weighted by Crippen LogP contribution is -2.36. The number of likely N-dealkylation sites (tertiary alicyclic amines) is 1. The molecule has 1 aromatic rings. The van der Waals surface area contributed by atoms with E-state index in [0.29, 0.717) is 5.92 Å². The first-order chi connectivity index (χ1) is 10.2. The van der Waals surface area contributed by atoms with Gasteiger partial charge in [0.25, 0.3) is 0 Å². The Labute approximate surface area is 128 Å². The molecule has 120 valence electrons.